The number of aliphatic hydroxyl groups excluding tert-OH is 1. The number of carbonyl (C=O) groups is 1. The van der Waals surface area contributed by atoms with Gasteiger partial charge in [0.25, 0.3) is 0 Å². The van der Waals surface area contributed by atoms with Gasteiger partial charge in [-0.2, -0.15) is 0 Å². The summed E-state index contributed by atoms with van der Waals surface area (Å²) in [5.41, 5.74) is 1.03. The first-order valence-electron chi connectivity index (χ1n) is 9.46. The maximum absolute atomic E-state index is 12.5. The molecule has 0 radical (unpaired) electrons. The first-order chi connectivity index (χ1) is 12.0. The van der Waals surface area contributed by atoms with Gasteiger partial charge in [-0.25, -0.2) is 0 Å². The number of nitrogens with zero attached hydrogens (tertiary/aromatic N) is 1. The lowest BCUT2D eigenvalue weighted by Crippen LogP contribution is -2.45. The fraction of sp³-hybridized carbons (Fsp3) is 0.650. The van der Waals surface area contributed by atoms with E-state index in [1.54, 1.807) is 0 Å². The van der Waals surface area contributed by atoms with Crippen LogP contribution in [0.25, 0.3) is 0 Å². The maximum Gasteiger partial charge on any atom is 0.234 e. The monoisotopic (exact) mass is 348 g/mol. The van der Waals surface area contributed by atoms with E-state index in [1.165, 1.54) is 0 Å². The van der Waals surface area contributed by atoms with E-state index in [4.69, 9.17) is 4.74 Å². The number of hydrogen-bond acceptors (Lipinski definition) is 4. The third-order valence-corrected chi connectivity index (χ3v) is 4.93. The predicted octanol–water partition coefficient (Wildman–Crippen LogP) is 2.75. The second kappa shape index (κ2) is 9.78. The summed E-state index contributed by atoms with van der Waals surface area (Å²) in [7, 11) is 0. The molecule has 1 aliphatic heterocycles. The summed E-state index contributed by atoms with van der Waals surface area (Å²) in [6.07, 6.45) is 2.57. The van der Waals surface area contributed by atoms with E-state index in [9.17, 15) is 9.90 Å². The number of amides is 1. The molecule has 1 amide bonds. The SMILES string of the molecule is CCOc1ccccc1C(CC)NC(=O)CN1CCCC(C(C)O)C1. The normalized spacial score (nSPS) is 20.7. The molecule has 0 saturated carbocycles. The molecule has 0 bridgehead atoms. The summed E-state index contributed by atoms with van der Waals surface area (Å²) in [5, 5.41) is 13.0. The Morgan fingerprint density at radius 2 is 2.16 bits per heavy atom. The summed E-state index contributed by atoms with van der Waals surface area (Å²) in [5.74, 6) is 1.14. The lowest BCUT2D eigenvalue weighted by Gasteiger charge is -2.34. The molecule has 3 unspecified atom stereocenters. The van der Waals surface area contributed by atoms with Crippen molar-refractivity contribution in [2.45, 2.75) is 52.2 Å². The van der Waals surface area contributed by atoms with E-state index in [0.29, 0.717) is 13.2 Å². The number of likely N-dealkylation sites (tertiary alicyclic amines) is 1. The van der Waals surface area contributed by atoms with Crippen molar-refractivity contribution in [3.8, 4) is 5.75 Å². The summed E-state index contributed by atoms with van der Waals surface area (Å²) < 4.78 is 5.70. The van der Waals surface area contributed by atoms with Gasteiger partial charge in [-0.15, -0.1) is 0 Å². The number of rotatable bonds is 8. The third-order valence-electron chi connectivity index (χ3n) is 4.93. The molecule has 1 aromatic carbocycles. The van der Waals surface area contributed by atoms with Crippen molar-refractivity contribution < 1.29 is 14.6 Å². The molecule has 3 atom stereocenters. The number of nitrogens with one attached hydrogen (secondary N) is 1. The molecule has 5 nitrogen and oxygen atoms in total. The van der Waals surface area contributed by atoms with Crippen molar-refractivity contribution >= 4 is 5.91 Å². The molecule has 0 spiro atoms. The van der Waals surface area contributed by atoms with Crippen LogP contribution in [0.3, 0.4) is 0 Å². The molecule has 25 heavy (non-hydrogen) atoms. The van der Waals surface area contributed by atoms with Crippen molar-refractivity contribution in [2.75, 3.05) is 26.2 Å². The van der Waals surface area contributed by atoms with Gasteiger partial charge < -0.3 is 15.2 Å². The Bertz CT molecular complexity index is 547. The van der Waals surface area contributed by atoms with Crippen molar-refractivity contribution in [1.82, 2.24) is 10.2 Å². The quantitative estimate of drug-likeness (QED) is 0.758. The Morgan fingerprint density at radius 1 is 1.40 bits per heavy atom. The number of aliphatic hydroxyl groups is 1. The van der Waals surface area contributed by atoms with Gasteiger partial charge in [-0.1, -0.05) is 25.1 Å². The average Bonchev–Trinajstić information content (AvgIpc) is 2.61. The molecule has 140 valence electrons. The van der Waals surface area contributed by atoms with Crippen molar-refractivity contribution in [3.63, 3.8) is 0 Å². The zero-order chi connectivity index (χ0) is 18.2. The Balaban J connectivity index is 1.96. The molecular formula is C20H32N2O3. The Morgan fingerprint density at radius 3 is 2.84 bits per heavy atom. The lowest BCUT2D eigenvalue weighted by molar-refractivity contribution is -0.123. The van der Waals surface area contributed by atoms with Gasteiger partial charge in [0.15, 0.2) is 0 Å². The van der Waals surface area contributed by atoms with Crippen molar-refractivity contribution in [2.24, 2.45) is 5.92 Å². The number of para-hydroxylation sites is 1. The van der Waals surface area contributed by atoms with Crippen LogP contribution < -0.4 is 10.1 Å². The highest BCUT2D eigenvalue weighted by Gasteiger charge is 2.25. The van der Waals surface area contributed by atoms with E-state index in [1.807, 2.05) is 38.1 Å². The molecule has 2 rings (SSSR count). The van der Waals surface area contributed by atoms with Crippen molar-refractivity contribution in [3.05, 3.63) is 29.8 Å². The van der Waals surface area contributed by atoms with Crippen LogP contribution in [0.4, 0.5) is 0 Å². The van der Waals surface area contributed by atoms with Crippen LogP contribution >= 0.6 is 0 Å². The second-order valence-electron chi connectivity index (χ2n) is 6.88. The topological polar surface area (TPSA) is 61.8 Å². The van der Waals surface area contributed by atoms with Gasteiger partial charge in [0.2, 0.25) is 5.91 Å². The van der Waals surface area contributed by atoms with Gasteiger partial charge in [0.1, 0.15) is 5.75 Å². The predicted molar refractivity (Wildman–Crippen MR) is 99.6 cm³/mol. The van der Waals surface area contributed by atoms with E-state index >= 15 is 0 Å². The molecule has 1 heterocycles. The van der Waals surface area contributed by atoms with Crippen LogP contribution in [0.1, 0.15) is 51.6 Å². The first-order valence-corrected chi connectivity index (χ1v) is 9.46. The minimum Gasteiger partial charge on any atom is -0.494 e. The fourth-order valence-corrected chi connectivity index (χ4v) is 3.53. The number of piperidine rings is 1. The smallest absolute Gasteiger partial charge is 0.234 e. The highest BCUT2D eigenvalue weighted by atomic mass is 16.5. The number of benzene rings is 1. The second-order valence-corrected chi connectivity index (χ2v) is 6.88. The van der Waals surface area contributed by atoms with E-state index in [2.05, 4.69) is 17.1 Å². The Hall–Kier alpha value is -1.59. The standard InChI is InChI=1S/C20H32N2O3/c1-4-18(17-10-6-7-11-19(17)25-5-2)21-20(24)14-22-12-8-9-16(13-22)15(3)23/h6-7,10-11,15-16,18,23H,4-5,8-9,12-14H2,1-3H3,(H,21,24). The number of hydrogen-bond donors (Lipinski definition) is 2. The molecule has 1 aliphatic rings. The van der Waals surface area contributed by atoms with Crippen molar-refractivity contribution in [1.29, 1.82) is 0 Å². The van der Waals surface area contributed by atoms with Gasteiger partial charge in [-0.3, -0.25) is 9.69 Å². The fourth-order valence-electron chi connectivity index (χ4n) is 3.53. The molecule has 5 heteroatoms. The molecule has 0 aliphatic carbocycles. The largest absolute Gasteiger partial charge is 0.494 e. The van der Waals surface area contributed by atoms with Gasteiger partial charge in [0.05, 0.1) is 25.3 Å². The minimum atomic E-state index is -0.313. The Kier molecular flexibility index (Phi) is 7.72. The zero-order valence-corrected chi connectivity index (χ0v) is 15.7. The van der Waals surface area contributed by atoms with Gasteiger partial charge in [-0.05, 0) is 51.6 Å². The van der Waals surface area contributed by atoms with Gasteiger partial charge >= 0.3 is 0 Å². The third kappa shape index (κ3) is 5.72. The van der Waals surface area contributed by atoms with Crippen LogP contribution in [-0.2, 0) is 4.79 Å². The zero-order valence-electron chi connectivity index (χ0n) is 15.7. The van der Waals surface area contributed by atoms with E-state index in [-0.39, 0.29) is 24.0 Å². The summed E-state index contributed by atoms with van der Waals surface area (Å²) in [6.45, 7) is 8.57. The van der Waals surface area contributed by atoms with Crippen LogP contribution in [0.5, 0.6) is 5.75 Å². The summed E-state index contributed by atoms with van der Waals surface area (Å²) in [6, 6.07) is 7.85. The molecule has 1 aromatic rings. The van der Waals surface area contributed by atoms with Crippen LogP contribution in [0.2, 0.25) is 0 Å². The van der Waals surface area contributed by atoms with Crippen LogP contribution in [0.15, 0.2) is 24.3 Å². The molecular weight excluding hydrogens is 316 g/mol. The Labute approximate surface area is 151 Å². The molecule has 2 N–H and O–H groups in total. The highest BCUT2D eigenvalue weighted by Crippen LogP contribution is 2.27. The van der Waals surface area contributed by atoms with Crippen LogP contribution in [0, 0.1) is 5.92 Å². The number of carbonyl (C=O) groups excluding carboxylic acids is 1. The summed E-state index contributed by atoms with van der Waals surface area (Å²) >= 11 is 0. The van der Waals surface area contributed by atoms with Gasteiger partial charge in [0, 0.05) is 12.1 Å². The highest BCUT2D eigenvalue weighted by molar-refractivity contribution is 5.78. The molecule has 0 aromatic heterocycles. The summed E-state index contributed by atoms with van der Waals surface area (Å²) in [4.78, 5) is 14.7. The lowest BCUT2D eigenvalue weighted by atomic mass is 9.93. The van der Waals surface area contributed by atoms with E-state index < -0.39 is 0 Å². The molecule has 1 fully saturated rings. The average molecular weight is 348 g/mol. The van der Waals surface area contributed by atoms with Crippen LogP contribution in [-0.4, -0.2) is 48.3 Å². The first kappa shape index (κ1) is 19.7. The minimum absolute atomic E-state index is 0.0318. The number of ether oxygens (including phenoxy) is 1. The maximum atomic E-state index is 12.5. The molecule has 1 saturated heterocycles. The van der Waals surface area contributed by atoms with E-state index in [0.717, 1.165) is 43.7 Å².